The van der Waals surface area contributed by atoms with Crippen LogP contribution in [-0.2, 0) is 28.8 Å². The molecule has 0 radical (unpaired) electrons. The Morgan fingerprint density at radius 1 is 0.757 bits per heavy atom. The average molecular weight is 539 g/mol. The number of carbonyl (C=O) groups excluding carboxylic acids is 3. The monoisotopic (exact) mass is 539 g/mol. The number of carboxylic acid groups (broad SMARTS) is 3. The van der Waals surface area contributed by atoms with Crippen molar-refractivity contribution in [2.24, 2.45) is 0 Å². The molecule has 0 atom stereocenters. The van der Waals surface area contributed by atoms with Gasteiger partial charge < -0.3 is 20.6 Å². The van der Waals surface area contributed by atoms with Gasteiger partial charge in [0.15, 0.2) is 0 Å². The first kappa shape index (κ1) is 31.5. The van der Waals surface area contributed by atoms with Gasteiger partial charge in [-0.2, -0.15) is 13.2 Å². The average Bonchev–Trinajstić information content (AvgIpc) is 3.12. The van der Waals surface area contributed by atoms with Gasteiger partial charge in [-0.25, -0.2) is 4.79 Å². The lowest BCUT2D eigenvalue weighted by Crippen LogP contribution is -2.45. The minimum atomic E-state index is -5.08. The molecule has 0 aromatic rings. The van der Waals surface area contributed by atoms with Crippen LogP contribution in [0.3, 0.4) is 0 Å². The molecule has 0 bridgehead atoms. The van der Waals surface area contributed by atoms with Crippen LogP contribution in [0.5, 0.6) is 0 Å². The molecule has 17 heteroatoms. The third-order valence-corrected chi connectivity index (χ3v) is 5.08. The summed E-state index contributed by atoms with van der Waals surface area (Å²) < 4.78 is 31.7. The Balaban J connectivity index is 0.000000856. The second kappa shape index (κ2) is 14.9. The van der Waals surface area contributed by atoms with E-state index in [1.807, 2.05) is 4.90 Å². The van der Waals surface area contributed by atoms with Crippen LogP contribution < -0.4 is 5.32 Å². The van der Waals surface area contributed by atoms with Crippen molar-refractivity contribution in [1.82, 2.24) is 24.9 Å². The summed E-state index contributed by atoms with van der Waals surface area (Å²) in [6.07, 6.45) is -2.72. The molecule has 3 amide bonds. The molecular weight excluding hydrogens is 511 g/mol. The number of nitrogens with one attached hydrogen (secondary N) is 1. The fourth-order valence-corrected chi connectivity index (χ4v) is 3.26. The molecule has 2 rings (SSSR count). The molecule has 14 nitrogen and oxygen atoms in total. The van der Waals surface area contributed by atoms with E-state index >= 15 is 0 Å². The van der Waals surface area contributed by atoms with Crippen molar-refractivity contribution in [1.29, 1.82) is 0 Å². The van der Waals surface area contributed by atoms with Gasteiger partial charge >= 0.3 is 24.1 Å². The number of aliphatic carboxylic acids is 3. The number of amides is 3. The number of imide groups is 1. The third-order valence-electron chi connectivity index (χ3n) is 5.08. The summed E-state index contributed by atoms with van der Waals surface area (Å²) >= 11 is 0. The maximum absolute atomic E-state index is 12.3. The fraction of sp³-hybridized carbons (Fsp3) is 0.600. The first-order valence-corrected chi connectivity index (χ1v) is 10.9. The SMILES string of the molecule is O=C(O)C(F)(F)F.O=C(O)CN1CCN(CC(=O)O)CCN(CC(=O)NCCN2C(=O)C=CC2=O)CC1. The molecular formula is C20H28F3N5O9. The number of hydrogen-bond acceptors (Lipinski definition) is 9. The van der Waals surface area contributed by atoms with Crippen molar-refractivity contribution in [3.05, 3.63) is 12.2 Å². The van der Waals surface area contributed by atoms with Crippen molar-refractivity contribution in [3.63, 3.8) is 0 Å². The van der Waals surface area contributed by atoms with E-state index in [4.69, 9.17) is 20.1 Å². The van der Waals surface area contributed by atoms with E-state index in [2.05, 4.69) is 5.32 Å². The highest BCUT2D eigenvalue weighted by molar-refractivity contribution is 6.12. The summed E-state index contributed by atoms with van der Waals surface area (Å²) in [5.41, 5.74) is 0. The van der Waals surface area contributed by atoms with Crippen molar-refractivity contribution in [2.75, 3.05) is 72.0 Å². The molecule has 0 saturated carbocycles. The van der Waals surface area contributed by atoms with Gasteiger partial charge in [0, 0.05) is 64.5 Å². The van der Waals surface area contributed by atoms with Crippen LogP contribution in [0.2, 0.25) is 0 Å². The van der Waals surface area contributed by atoms with Crippen LogP contribution in [0, 0.1) is 0 Å². The lowest BCUT2D eigenvalue weighted by molar-refractivity contribution is -0.192. The third kappa shape index (κ3) is 12.8. The molecule has 208 valence electrons. The van der Waals surface area contributed by atoms with Crippen LogP contribution in [0.4, 0.5) is 13.2 Å². The van der Waals surface area contributed by atoms with Crippen molar-refractivity contribution in [3.8, 4) is 0 Å². The van der Waals surface area contributed by atoms with E-state index in [0.29, 0.717) is 39.3 Å². The molecule has 2 heterocycles. The zero-order chi connectivity index (χ0) is 28.2. The van der Waals surface area contributed by atoms with Gasteiger partial charge in [-0.3, -0.25) is 43.6 Å². The number of carbonyl (C=O) groups is 6. The maximum Gasteiger partial charge on any atom is 0.490 e. The molecule has 4 N–H and O–H groups in total. The van der Waals surface area contributed by atoms with Gasteiger partial charge in [0.05, 0.1) is 19.6 Å². The molecule has 0 aliphatic carbocycles. The maximum atomic E-state index is 12.3. The largest absolute Gasteiger partial charge is 0.490 e. The van der Waals surface area contributed by atoms with Crippen LogP contribution >= 0.6 is 0 Å². The lowest BCUT2D eigenvalue weighted by Gasteiger charge is -2.24. The predicted octanol–water partition coefficient (Wildman–Crippen LogP) is -2.25. The summed E-state index contributed by atoms with van der Waals surface area (Å²) in [7, 11) is 0. The highest BCUT2D eigenvalue weighted by atomic mass is 19.4. The molecule has 2 aliphatic heterocycles. The Labute approximate surface area is 208 Å². The zero-order valence-corrected chi connectivity index (χ0v) is 19.6. The Bertz CT molecular complexity index is 851. The van der Waals surface area contributed by atoms with E-state index in [0.717, 1.165) is 4.90 Å². The summed E-state index contributed by atoms with van der Waals surface area (Å²) in [6.45, 7) is 2.55. The van der Waals surface area contributed by atoms with Gasteiger partial charge in [0.25, 0.3) is 11.8 Å². The van der Waals surface area contributed by atoms with E-state index in [1.54, 1.807) is 9.80 Å². The highest BCUT2D eigenvalue weighted by Crippen LogP contribution is 2.13. The quantitative estimate of drug-likeness (QED) is 0.231. The highest BCUT2D eigenvalue weighted by Gasteiger charge is 2.38. The number of alkyl halides is 3. The Hall–Kier alpha value is -3.57. The van der Waals surface area contributed by atoms with Crippen LogP contribution in [0.1, 0.15) is 0 Å². The van der Waals surface area contributed by atoms with E-state index in [9.17, 15) is 37.1 Å². The number of nitrogens with zero attached hydrogens (tertiary/aromatic N) is 4. The molecule has 1 fully saturated rings. The van der Waals surface area contributed by atoms with Gasteiger partial charge in [0.1, 0.15) is 0 Å². The zero-order valence-electron chi connectivity index (χ0n) is 19.6. The molecule has 0 aromatic heterocycles. The first-order valence-electron chi connectivity index (χ1n) is 10.9. The van der Waals surface area contributed by atoms with Crippen LogP contribution in [0.15, 0.2) is 12.2 Å². The minimum Gasteiger partial charge on any atom is -0.480 e. The summed E-state index contributed by atoms with van der Waals surface area (Å²) in [6, 6.07) is 0. The van der Waals surface area contributed by atoms with Gasteiger partial charge in [-0.05, 0) is 0 Å². The molecule has 37 heavy (non-hydrogen) atoms. The van der Waals surface area contributed by atoms with Crippen LogP contribution in [0.25, 0.3) is 0 Å². The topological polar surface area (TPSA) is 188 Å². The molecule has 0 unspecified atom stereocenters. The van der Waals surface area contributed by atoms with E-state index in [1.165, 1.54) is 12.2 Å². The Morgan fingerprint density at radius 2 is 1.11 bits per heavy atom. The predicted molar refractivity (Wildman–Crippen MR) is 117 cm³/mol. The van der Waals surface area contributed by atoms with E-state index in [-0.39, 0.29) is 38.6 Å². The van der Waals surface area contributed by atoms with Gasteiger partial charge in [-0.15, -0.1) is 0 Å². The lowest BCUT2D eigenvalue weighted by atomic mass is 10.4. The number of carboxylic acids is 3. The summed E-state index contributed by atoms with van der Waals surface area (Å²) in [4.78, 5) is 72.6. The van der Waals surface area contributed by atoms with Crippen LogP contribution in [-0.4, -0.2) is 149 Å². The number of hydrogen-bond donors (Lipinski definition) is 4. The Morgan fingerprint density at radius 3 is 1.43 bits per heavy atom. The van der Waals surface area contributed by atoms with Gasteiger partial charge in [-0.1, -0.05) is 0 Å². The molecule has 1 saturated heterocycles. The summed E-state index contributed by atoms with van der Waals surface area (Å²) in [5.74, 6) is -5.81. The minimum absolute atomic E-state index is 0.0436. The number of rotatable bonds is 9. The first-order chi connectivity index (χ1) is 17.2. The summed E-state index contributed by atoms with van der Waals surface area (Å²) in [5, 5.41) is 27.9. The Kier molecular flexibility index (Phi) is 12.6. The second-order valence-corrected chi connectivity index (χ2v) is 7.93. The molecule has 0 spiro atoms. The second-order valence-electron chi connectivity index (χ2n) is 7.93. The normalized spacial score (nSPS) is 17.9. The smallest absolute Gasteiger partial charge is 0.480 e. The molecule has 0 aromatic carbocycles. The number of halogens is 3. The standard InChI is InChI=1S/C18H27N5O7.C2HF3O2/c24-14(19-3-4-23-15(25)1-2-16(23)26)11-20-5-7-21(12-17(27)28)9-10-22(8-6-20)13-18(29)30;3-2(4,5)1(6)7/h1-2H,3-13H2,(H,19,24)(H,27,28)(H,29,30);(H,6,7). The fourth-order valence-electron chi connectivity index (χ4n) is 3.26. The molecule has 2 aliphatic rings. The van der Waals surface area contributed by atoms with E-state index < -0.39 is 35.9 Å². The van der Waals surface area contributed by atoms with Crippen molar-refractivity contribution < 1.29 is 57.3 Å². The van der Waals surface area contributed by atoms with Crippen molar-refractivity contribution in [2.45, 2.75) is 6.18 Å². The van der Waals surface area contributed by atoms with Crippen molar-refractivity contribution >= 4 is 35.6 Å². The van der Waals surface area contributed by atoms with Gasteiger partial charge in [0.2, 0.25) is 5.91 Å².